The smallest absolute Gasteiger partial charge is 0.269 e. The summed E-state index contributed by atoms with van der Waals surface area (Å²) in [6, 6.07) is 12.6. The van der Waals surface area contributed by atoms with Crippen molar-refractivity contribution in [2.75, 3.05) is 5.01 Å². The highest BCUT2D eigenvalue weighted by Crippen LogP contribution is 2.21. The van der Waals surface area contributed by atoms with E-state index in [1.165, 1.54) is 5.01 Å². The lowest BCUT2D eigenvalue weighted by Gasteiger charge is -2.28. The van der Waals surface area contributed by atoms with Gasteiger partial charge in [-0.15, -0.1) is 0 Å². The summed E-state index contributed by atoms with van der Waals surface area (Å²) in [5.74, 6) is -0.450. The molecule has 0 aliphatic carbocycles. The number of amides is 2. The number of rotatable bonds is 4. The molecule has 2 aromatic carbocycles. The molecule has 0 spiro atoms. The third kappa shape index (κ3) is 4.18. The second-order valence-corrected chi connectivity index (χ2v) is 6.76. The van der Waals surface area contributed by atoms with E-state index in [9.17, 15) is 9.59 Å². The van der Waals surface area contributed by atoms with Gasteiger partial charge in [-0.3, -0.25) is 15.0 Å². The minimum atomic E-state index is -0.318. The molecule has 3 rings (SSSR count). The van der Waals surface area contributed by atoms with E-state index in [-0.39, 0.29) is 24.8 Å². The van der Waals surface area contributed by atoms with Crippen LogP contribution in [-0.4, -0.2) is 11.8 Å². The zero-order chi connectivity index (χ0) is 18.7. The van der Waals surface area contributed by atoms with Gasteiger partial charge in [-0.05, 0) is 48.4 Å². The number of aryl methyl sites for hydroxylation is 1. The van der Waals surface area contributed by atoms with Crippen molar-refractivity contribution in [1.82, 2.24) is 10.7 Å². The standard InChI is InChI=1S/C19H17Cl2N3O2/c1-12-3-2-4-15(9-12)24-18(25)8-7-17(23-24)19(26)22-11-13-5-6-14(20)10-16(13)21/h2-7,9-10,23H,8,11H2,1H3,(H,22,26). The first kappa shape index (κ1) is 18.3. The van der Waals surface area contributed by atoms with Crippen molar-refractivity contribution in [3.63, 3.8) is 0 Å². The lowest BCUT2D eigenvalue weighted by Crippen LogP contribution is -2.48. The Labute approximate surface area is 161 Å². The number of hydrogen-bond acceptors (Lipinski definition) is 3. The van der Waals surface area contributed by atoms with Gasteiger partial charge in [0.05, 0.1) is 5.69 Å². The third-order valence-corrected chi connectivity index (χ3v) is 4.51. The maximum atomic E-state index is 12.5. The van der Waals surface area contributed by atoms with Crippen LogP contribution in [0.15, 0.2) is 54.2 Å². The fourth-order valence-electron chi connectivity index (χ4n) is 2.56. The number of anilines is 1. The number of nitrogens with zero attached hydrogens (tertiary/aromatic N) is 1. The van der Waals surface area contributed by atoms with Crippen LogP contribution in [0, 0.1) is 6.92 Å². The molecule has 1 aliphatic rings. The molecule has 0 aromatic heterocycles. The number of carbonyl (C=O) groups is 2. The number of hydrogen-bond donors (Lipinski definition) is 2. The number of carbonyl (C=O) groups excluding carboxylic acids is 2. The predicted molar refractivity (Wildman–Crippen MR) is 103 cm³/mol. The van der Waals surface area contributed by atoms with E-state index in [0.29, 0.717) is 21.4 Å². The van der Waals surface area contributed by atoms with Gasteiger partial charge in [0.2, 0.25) is 5.91 Å². The van der Waals surface area contributed by atoms with Crippen LogP contribution in [0.25, 0.3) is 0 Å². The number of nitrogens with one attached hydrogen (secondary N) is 2. The Hall–Kier alpha value is -2.50. The van der Waals surface area contributed by atoms with Gasteiger partial charge in [-0.2, -0.15) is 0 Å². The molecule has 0 radical (unpaired) electrons. The van der Waals surface area contributed by atoms with E-state index in [1.54, 1.807) is 24.3 Å². The first-order valence-corrected chi connectivity index (χ1v) is 8.78. The summed E-state index contributed by atoms with van der Waals surface area (Å²) in [6.07, 6.45) is 1.72. The second kappa shape index (κ2) is 7.81. The predicted octanol–water partition coefficient (Wildman–Crippen LogP) is 3.74. The summed E-state index contributed by atoms with van der Waals surface area (Å²) in [4.78, 5) is 24.6. The molecule has 0 saturated heterocycles. The summed E-state index contributed by atoms with van der Waals surface area (Å²) in [6.45, 7) is 2.20. The first-order chi connectivity index (χ1) is 12.4. The Morgan fingerprint density at radius 2 is 2.04 bits per heavy atom. The molecule has 1 heterocycles. The average Bonchev–Trinajstić information content (AvgIpc) is 2.61. The SMILES string of the molecule is Cc1cccc(N2NC(C(=O)NCc3ccc(Cl)cc3Cl)=CCC2=O)c1. The van der Waals surface area contributed by atoms with Crippen LogP contribution < -0.4 is 15.8 Å². The van der Waals surface area contributed by atoms with Crippen molar-refractivity contribution in [2.24, 2.45) is 0 Å². The van der Waals surface area contributed by atoms with Crippen molar-refractivity contribution < 1.29 is 9.59 Å². The monoisotopic (exact) mass is 389 g/mol. The summed E-state index contributed by atoms with van der Waals surface area (Å²) >= 11 is 12.0. The van der Waals surface area contributed by atoms with E-state index in [0.717, 1.165) is 11.1 Å². The molecule has 0 atom stereocenters. The molecule has 7 heteroatoms. The van der Waals surface area contributed by atoms with Crippen LogP contribution in [-0.2, 0) is 16.1 Å². The van der Waals surface area contributed by atoms with Gasteiger partial charge in [0.15, 0.2) is 0 Å². The first-order valence-electron chi connectivity index (χ1n) is 8.02. The van der Waals surface area contributed by atoms with Crippen LogP contribution in [0.1, 0.15) is 17.5 Å². The Kier molecular flexibility index (Phi) is 5.49. The molecule has 0 unspecified atom stereocenters. The van der Waals surface area contributed by atoms with Crippen LogP contribution in [0.2, 0.25) is 10.0 Å². The van der Waals surface area contributed by atoms with E-state index >= 15 is 0 Å². The molecule has 1 aliphatic heterocycles. The minimum Gasteiger partial charge on any atom is -0.347 e. The maximum absolute atomic E-state index is 12.5. The van der Waals surface area contributed by atoms with Gasteiger partial charge in [0.25, 0.3) is 5.91 Å². The van der Waals surface area contributed by atoms with Gasteiger partial charge in [0.1, 0.15) is 5.70 Å². The quantitative estimate of drug-likeness (QED) is 0.836. The van der Waals surface area contributed by atoms with Crippen molar-refractivity contribution in [3.05, 3.63) is 75.4 Å². The molecule has 2 aromatic rings. The third-order valence-electron chi connectivity index (χ3n) is 3.92. The molecule has 5 nitrogen and oxygen atoms in total. The number of halogens is 2. The average molecular weight is 390 g/mol. The Morgan fingerprint density at radius 3 is 2.77 bits per heavy atom. The zero-order valence-electron chi connectivity index (χ0n) is 14.1. The van der Waals surface area contributed by atoms with Crippen molar-refractivity contribution in [1.29, 1.82) is 0 Å². The van der Waals surface area contributed by atoms with Gasteiger partial charge in [-0.1, -0.05) is 41.4 Å². The van der Waals surface area contributed by atoms with Crippen molar-refractivity contribution in [3.8, 4) is 0 Å². The largest absolute Gasteiger partial charge is 0.347 e. The van der Waals surface area contributed by atoms with Gasteiger partial charge < -0.3 is 5.32 Å². The summed E-state index contributed by atoms with van der Waals surface area (Å²) in [5.41, 5.74) is 5.67. The Bertz CT molecular complexity index is 896. The van der Waals surface area contributed by atoms with Crippen LogP contribution in [0.3, 0.4) is 0 Å². The van der Waals surface area contributed by atoms with Crippen LogP contribution in [0.4, 0.5) is 5.69 Å². The van der Waals surface area contributed by atoms with Gasteiger partial charge in [0, 0.05) is 23.0 Å². The summed E-state index contributed by atoms with van der Waals surface area (Å²) < 4.78 is 0. The molecule has 134 valence electrons. The highest BCUT2D eigenvalue weighted by Gasteiger charge is 2.24. The maximum Gasteiger partial charge on any atom is 0.269 e. The molecule has 2 amide bonds. The van der Waals surface area contributed by atoms with E-state index < -0.39 is 0 Å². The van der Waals surface area contributed by atoms with E-state index in [1.807, 2.05) is 31.2 Å². The molecule has 0 fully saturated rings. The van der Waals surface area contributed by atoms with Crippen LogP contribution >= 0.6 is 23.2 Å². The van der Waals surface area contributed by atoms with Gasteiger partial charge in [-0.25, -0.2) is 5.01 Å². The van der Waals surface area contributed by atoms with Crippen molar-refractivity contribution in [2.45, 2.75) is 19.9 Å². The zero-order valence-corrected chi connectivity index (χ0v) is 15.6. The lowest BCUT2D eigenvalue weighted by atomic mass is 10.2. The highest BCUT2D eigenvalue weighted by molar-refractivity contribution is 6.35. The molecule has 0 saturated carbocycles. The Morgan fingerprint density at radius 1 is 1.23 bits per heavy atom. The normalized spacial score (nSPS) is 13.9. The topological polar surface area (TPSA) is 61.4 Å². The molecule has 0 bridgehead atoms. The van der Waals surface area contributed by atoms with E-state index in [4.69, 9.17) is 23.2 Å². The van der Waals surface area contributed by atoms with Gasteiger partial charge >= 0.3 is 0 Å². The fraction of sp³-hybridized carbons (Fsp3) is 0.158. The molecule has 2 N–H and O–H groups in total. The molecular formula is C19H17Cl2N3O2. The minimum absolute atomic E-state index is 0.132. The highest BCUT2D eigenvalue weighted by atomic mass is 35.5. The second-order valence-electron chi connectivity index (χ2n) is 5.92. The van der Waals surface area contributed by atoms with Crippen LogP contribution in [0.5, 0.6) is 0 Å². The Balaban J connectivity index is 1.68. The van der Waals surface area contributed by atoms with Crippen molar-refractivity contribution >= 4 is 40.7 Å². The van der Waals surface area contributed by atoms with E-state index in [2.05, 4.69) is 10.7 Å². The number of hydrazine groups is 1. The molecular weight excluding hydrogens is 373 g/mol. The fourth-order valence-corrected chi connectivity index (χ4v) is 3.04. The molecule has 26 heavy (non-hydrogen) atoms. The summed E-state index contributed by atoms with van der Waals surface area (Å²) in [5, 5.41) is 5.20. The lowest BCUT2D eigenvalue weighted by molar-refractivity contribution is -0.120. The summed E-state index contributed by atoms with van der Waals surface area (Å²) in [7, 11) is 0. The number of benzene rings is 2.